The predicted octanol–water partition coefficient (Wildman–Crippen LogP) is 2.16. The predicted molar refractivity (Wildman–Crippen MR) is 81.0 cm³/mol. The highest BCUT2D eigenvalue weighted by Gasteiger charge is 2.24. The van der Waals surface area contributed by atoms with Gasteiger partial charge in [-0.25, -0.2) is 0 Å². The molecule has 1 amide bonds. The van der Waals surface area contributed by atoms with Gasteiger partial charge in [-0.2, -0.15) is 0 Å². The number of nitrogens with one attached hydrogen (secondary N) is 1. The molecule has 1 saturated carbocycles. The summed E-state index contributed by atoms with van der Waals surface area (Å²) in [7, 11) is 0. The number of anilines is 1. The second-order valence-corrected chi connectivity index (χ2v) is 5.70. The third-order valence-corrected chi connectivity index (χ3v) is 3.96. The molecule has 114 valence electrons. The maximum atomic E-state index is 12.2. The second kappa shape index (κ2) is 7.22. The van der Waals surface area contributed by atoms with E-state index in [0.717, 1.165) is 36.9 Å². The molecule has 1 aliphatic carbocycles. The average molecular weight is 290 g/mol. The number of carboxylic acid groups (broad SMARTS) is 1. The highest BCUT2D eigenvalue weighted by Crippen LogP contribution is 2.24. The molecule has 0 spiro atoms. The largest absolute Gasteiger partial charge is 0.481 e. The minimum Gasteiger partial charge on any atom is -0.481 e. The molecule has 2 rings (SSSR count). The first-order chi connectivity index (χ1) is 10.0. The summed E-state index contributed by atoms with van der Waals surface area (Å²) in [4.78, 5) is 22.8. The van der Waals surface area contributed by atoms with E-state index in [1.165, 1.54) is 0 Å². The Hall–Kier alpha value is -1.88. The van der Waals surface area contributed by atoms with Gasteiger partial charge in [-0.3, -0.25) is 9.59 Å². The monoisotopic (exact) mass is 290 g/mol. The van der Waals surface area contributed by atoms with Crippen molar-refractivity contribution in [2.45, 2.75) is 44.6 Å². The number of carbonyl (C=O) groups is 2. The summed E-state index contributed by atoms with van der Waals surface area (Å²) in [6.45, 7) is 0. The molecule has 0 aromatic heterocycles. The highest BCUT2D eigenvalue weighted by atomic mass is 16.4. The van der Waals surface area contributed by atoms with Crippen LogP contribution in [0.25, 0.3) is 0 Å². The van der Waals surface area contributed by atoms with Gasteiger partial charge in [0.15, 0.2) is 0 Å². The van der Waals surface area contributed by atoms with Gasteiger partial charge in [-0.15, -0.1) is 0 Å². The smallest absolute Gasteiger partial charge is 0.303 e. The van der Waals surface area contributed by atoms with Crippen LogP contribution in [0.5, 0.6) is 0 Å². The normalized spacial score (nSPS) is 21.8. The van der Waals surface area contributed by atoms with E-state index in [0.29, 0.717) is 6.42 Å². The van der Waals surface area contributed by atoms with Crippen LogP contribution in [0.4, 0.5) is 5.69 Å². The molecule has 0 saturated heterocycles. The van der Waals surface area contributed by atoms with Crippen molar-refractivity contribution in [1.29, 1.82) is 0 Å². The summed E-state index contributed by atoms with van der Waals surface area (Å²) >= 11 is 0. The minimum atomic E-state index is -0.817. The Morgan fingerprint density at radius 3 is 2.62 bits per heavy atom. The van der Waals surface area contributed by atoms with Crippen LogP contribution in [0, 0.1) is 5.92 Å². The van der Waals surface area contributed by atoms with E-state index in [4.69, 9.17) is 10.8 Å². The van der Waals surface area contributed by atoms with E-state index in [9.17, 15) is 9.59 Å². The third-order valence-electron chi connectivity index (χ3n) is 3.96. The standard InChI is InChI=1S/C16H22N2O3/c17-13-7-5-12(6-8-13)16(21)18-14-3-1-2-11(10-14)4-9-15(19)20/h1-3,10,12-13H,4-9,17H2,(H,18,21)(H,19,20). The van der Waals surface area contributed by atoms with Gasteiger partial charge in [-0.05, 0) is 49.8 Å². The second-order valence-electron chi connectivity index (χ2n) is 5.70. The zero-order valence-electron chi connectivity index (χ0n) is 12.0. The van der Waals surface area contributed by atoms with Gasteiger partial charge in [0.1, 0.15) is 0 Å². The van der Waals surface area contributed by atoms with E-state index in [2.05, 4.69) is 5.32 Å². The lowest BCUT2D eigenvalue weighted by molar-refractivity contribution is -0.137. The van der Waals surface area contributed by atoms with Crippen molar-refractivity contribution in [2.24, 2.45) is 11.7 Å². The van der Waals surface area contributed by atoms with Crippen molar-refractivity contribution in [1.82, 2.24) is 0 Å². The van der Waals surface area contributed by atoms with Crippen molar-refractivity contribution in [3.63, 3.8) is 0 Å². The maximum absolute atomic E-state index is 12.2. The van der Waals surface area contributed by atoms with Gasteiger partial charge in [-0.1, -0.05) is 12.1 Å². The number of hydrogen-bond donors (Lipinski definition) is 3. The topological polar surface area (TPSA) is 92.4 Å². The van der Waals surface area contributed by atoms with Crippen LogP contribution >= 0.6 is 0 Å². The van der Waals surface area contributed by atoms with Crippen molar-refractivity contribution >= 4 is 17.6 Å². The number of carboxylic acids is 1. The first kappa shape index (κ1) is 15.5. The molecule has 0 radical (unpaired) electrons. The molecule has 0 unspecified atom stereocenters. The Balaban J connectivity index is 1.91. The zero-order chi connectivity index (χ0) is 15.2. The van der Waals surface area contributed by atoms with Crippen molar-refractivity contribution < 1.29 is 14.7 Å². The number of benzene rings is 1. The lowest BCUT2D eigenvalue weighted by Crippen LogP contribution is -2.32. The van der Waals surface area contributed by atoms with Crippen molar-refractivity contribution in [3.8, 4) is 0 Å². The average Bonchev–Trinajstić information content (AvgIpc) is 2.46. The van der Waals surface area contributed by atoms with E-state index < -0.39 is 5.97 Å². The van der Waals surface area contributed by atoms with Crippen LogP contribution in [-0.4, -0.2) is 23.0 Å². The number of rotatable bonds is 5. The van der Waals surface area contributed by atoms with E-state index in [1.807, 2.05) is 24.3 Å². The lowest BCUT2D eigenvalue weighted by Gasteiger charge is -2.25. The Labute approximate surface area is 124 Å². The Bertz CT molecular complexity index is 508. The molecule has 0 aliphatic heterocycles. The van der Waals surface area contributed by atoms with Crippen molar-refractivity contribution in [3.05, 3.63) is 29.8 Å². The Kier molecular flexibility index (Phi) is 5.33. The number of aliphatic carboxylic acids is 1. The van der Waals surface area contributed by atoms with Gasteiger partial charge < -0.3 is 16.2 Å². The fraction of sp³-hybridized carbons (Fsp3) is 0.500. The van der Waals surface area contributed by atoms with E-state index in [1.54, 1.807) is 0 Å². The fourth-order valence-corrected chi connectivity index (χ4v) is 2.68. The molecule has 1 aromatic rings. The van der Waals surface area contributed by atoms with E-state index >= 15 is 0 Å². The molecule has 5 nitrogen and oxygen atoms in total. The van der Waals surface area contributed by atoms with E-state index in [-0.39, 0.29) is 24.3 Å². The summed E-state index contributed by atoms with van der Waals surface area (Å²) < 4.78 is 0. The molecule has 5 heteroatoms. The molecule has 0 atom stereocenters. The third kappa shape index (κ3) is 4.86. The molecular weight excluding hydrogens is 268 g/mol. The summed E-state index contributed by atoms with van der Waals surface area (Å²) in [5.41, 5.74) is 7.50. The van der Waals surface area contributed by atoms with Gasteiger partial charge >= 0.3 is 5.97 Å². The molecule has 4 N–H and O–H groups in total. The quantitative estimate of drug-likeness (QED) is 0.774. The lowest BCUT2D eigenvalue weighted by atomic mass is 9.86. The molecule has 1 aliphatic rings. The number of aryl methyl sites for hydroxylation is 1. The summed E-state index contributed by atoms with van der Waals surface area (Å²) in [5.74, 6) is -0.743. The summed E-state index contributed by atoms with van der Waals surface area (Å²) in [6.07, 6.45) is 4.04. The van der Waals surface area contributed by atoms with Crippen LogP contribution in [0.15, 0.2) is 24.3 Å². The summed E-state index contributed by atoms with van der Waals surface area (Å²) in [5, 5.41) is 11.6. The van der Waals surface area contributed by atoms with Crippen LogP contribution in [0.3, 0.4) is 0 Å². The molecule has 0 heterocycles. The Morgan fingerprint density at radius 2 is 1.95 bits per heavy atom. The minimum absolute atomic E-state index is 0.0347. The zero-order valence-corrected chi connectivity index (χ0v) is 12.0. The molecule has 0 bridgehead atoms. The van der Waals surface area contributed by atoms with Gasteiger partial charge in [0, 0.05) is 24.1 Å². The molecule has 1 fully saturated rings. The first-order valence-corrected chi connectivity index (χ1v) is 7.42. The number of amides is 1. The number of carbonyl (C=O) groups excluding carboxylic acids is 1. The van der Waals surface area contributed by atoms with Gasteiger partial charge in [0.25, 0.3) is 0 Å². The molecular formula is C16H22N2O3. The Morgan fingerprint density at radius 1 is 1.24 bits per heavy atom. The summed E-state index contributed by atoms with van der Waals surface area (Å²) in [6, 6.07) is 7.61. The highest BCUT2D eigenvalue weighted by molar-refractivity contribution is 5.92. The first-order valence-electron chi connectivity index (χ1n) is 7.42. The van der Waals surface area contributed by atoms with Crippen LogP contribution in [0.2, 0.25) is 0 Å². The van der Waals surface area contributed by atoms with Gasteiger partial charge in [0.05, 0.1) is 0 Å². The molecule has 21 heavy (non-hydrogen) atoms. The van der Waals surface area contributed by atoms with Crippen LogP contribution in [-0.2, 0) is 16.0 Å². The maximum Gasteiger partial charge on any atom is 0.303 e. The number of hydrogen-bond acceptors (Lipinski definition) is 3. The van der Waals surface area contributed by atoms with Crippen LogP contribution < -0.4 is 11.1 Å². The SMILES string of the molecule is NC1CCC(C(=O)Nc2cccc(CCC(=O)O)c2)CC1. The fourth-order valence-electron chi connectivity index (χ4n) is 2.68. The van der Waals surface area contributed by atoms with Gasteiger partial charge in [0.2, 0.25) is 5.91 Å². The number of nitrogens with two attached hydrogens (primary N) is 1. The molecule has 1 aromatic carbocycles. The van der Waals surface area contributed by atoms with Crippen LogP contribution in [0.1, 0.15) is 37.7 Å². The van der Waals surface area contributed by atoms with Crippen molar-refractivity contribution in [2.75, 3.05) is 5.32 Å².